The molecule has 0 aromatic carbocycles. The Bertz CT molecular complexity index is 1860. The SMILES string of the molecule is CC.CC.CC.CC.CC.CC.CC.CC.CC.CC.CC.CC.CC.CC.CC.CC.CC.CC.CC.CC.CC.Cn1cccc1.Cn1cccc1.Cn1cccn1.Cn1cccn1.Cn1ccnc1.Cn1ccnc1.c1ccoc1.c1ccsc1.c1cnoc1.c1cnsc1.c1cocn1.c1cscn1. The minimum atomic E-state index is 1.38. The molecule has 0 aliphatic heterocycles. The number of rotatable bonds is 0. The summed E-state index contributed by atoms with van der Waals surface area (Å²) in [4.78, 5) is 14.9. The molecule has 0 unspecified atom stereocenters. The summed E-state index contributed by atoms with van der Waals surface area (Å²) in [7, 11) is 11.7. The van der Waals surface area contributed by atoms with Gasteiger partial charge in [-0.2, -0.15) is 21.5 Å². The Morgan fingerprint density at radius 1 is 0.241 bits per heavy atom. The van der Waals surface area contributed by atoms with Gasteiger partial charge in [-0.25, -0.2) is 19.3 Å². The van der Waals surface area contributed by atoms with E-state index >= 15 is 0 Å². The van der Waals surface area contributed by atoms with E-state index in [0.717, 1.165) is 0 Å². The molecule has 0 spiro atoms. The Balaban J connectivity index is -0.0000000386. The van der Waals surface area contributed by atoms with E-state index in [1.165, 1.54) is 30.5 Å². The molecule has 642 valence electrons. The third-order valence-electron chi connectivity index (χ3n) is 6.29. The average Bonchev–Trinajstić information content (AvgIpc) is 2.07. The molecule has 12 rings (SSSR count). The number of imidazole rings is 2. The largest absolute Gasteiger partial charge is 0.473 e. The molecule has 20 heteroatoms. The lowest BCUT2D eigenvalue weighted by Gasteiger charge is -1.79. The van der Waals surface area contributed by atoms with Gasteiger partial charge in [-0.3, -0.25) is 14.3 Å². The van der Waals surface area contributed by atoms with E-state index in [0.29, 0.717) is 0 Å². The van der Waals surface area contributed by atoms with E-state index in [4.69, 9.17) is 0 Å². The normalized spacial score (nSPS) is 6.33. The van der Waals surface area contributed by atoms with Crippen LogP contribution in [0.5, 0.6) is 0 Å². The molecule has 0 fully saturated rings. The fraction of sp³-hybridized carbons (Fsp3) is 0.545. The van der Waals surface area contributed by atoms with Gasteiger partial charge in [-0.15, -0.1) is 11.3 Å². The second-order valence-corrected chi connectivity index (χ2v) is 14.1. The first-order chi connectivity index (χ1) is 53.4. The van der Waals surface area contributed by atoms with Gasteiger partial charge in [0.15, 0.2) is 6.39 Å². The van der Waals surface area contributed by atoms with Crippen LogP contribution in [0.1, 0.15) is 291 Å². The van der Waals surface area contributed by atoms with Crippen LogP contribution in [0.4, 0.5) is 0 Å². The minimum absolute atomic E-state index is 1.38. The van der Waals surface area contributed by atoms with E-state index in [-0.39, 0.29) is 0 Å². The van der Waals surface area contributed by atoms with Crippen LogP contribution >= 0.6 is 34.2 Å². The highest BCUT2D eigenvalue weighted by Crippen LogP contribution is 1.92. The first-order valence-corrected chi connectivity index (χ1v) is 43.2. The molecule has 0 aliphatic rings. The fourth-order valence-electron chi connectivity index (χ4n) is 3.34. The van der Waals surface area contributed by atoms with Crippen LogP contribution in [0.2, 0.25) is 0 Å². The first kappa shape index (κ1) is 157. The van der Waals surface area contributed by atoms with Crippen molar-refractivity contribution in [3.8, 4) is 0 Å². The second-order valence-electron chi connectivity index (χ2n) is 11.8. The van der Waals surface area contributed by atoms with Crippen LogP contribution in [-0.2, 0) is 42.3 Å². The number of aromatic nitrogens is 14. The van der Waals surface area contributed by atoms with E-state index < -0.39 is 0 Å². The lowest BCUT2D eigenvalue weighted by Crippen LogP contribution is -1.83. The zero-order valence-corrected chi connectivity index (χ0v) is 82.3. The number of thiazole rings is 1. The quantitative estimate of drug-likeness (QED) is 0.141. The van der Waals surface area contributed by atoms with E-state index in [1.54, 1.807) is 118 Å². The maximum absolute atomic E-state index is 4.58. The predicted molar refractivity (Wildman–Crippen MR) is 502 cm³/mol. The number of furan rings is 1. The smallest absolute Gasteiger partial charge is 0.180 e. The minimum Gasteiger partial charge on any atom is -0.473 e. The topological polar surface area (TPSA) is 172 Å². The van der Waals surface area contributed by atoms with Crippen molar-refractivity contribution >= 4 is 34.2 Å². The molecule has 0 saturated carbocycles. The number of aryl methyl sites for hydroxylation is 6. The van der Waals surface area contributed by atoms with Gasteiger partial charge in [0.25, 0.3) is 0 Å². The van der Waals surface area contributed by atoms with Crippen LogP contribution in [0.3, 0.4) is 0 Å². The molecule has 0 N–H and O–H groups in total. The van der Waals surface area contributed by atoms with Gasteiger partial charge >= 0.3 is 0 Å². The van der Waals surface area contributed by atoms with Crippen LogP contribution in [0.15, 0.2) is 256 Å². The molecule has 12 aromatic heterocycles. The van der Waals surface area contributed by atoms with Gasteiger partial charge in [0, 0.05) is 140 Å². The van der Waals surface area contributed by atoms with Crippen molar-refractivity contribution in [2.75, 3.05) is 0 Å². The summed E-state index contributed by atoms with van der Waals surface area (Å²) in [6.07, 6.45) is 40.4. The molecule has 12 aromatic rings. The van der Waals surface area contributed by atoms with Crippen molar-refractivity contribution in [1.29, 1.82) is 0 Å². The van der Waals surface area contributed by atoms with Gasteiger partial charge < -0.3 is 31.6 Å². The third kappa shape index (κ3) is 225. The highest BCUT2D eigenvalue weighted by molar-refractivity contribution is 7.07. The van der Waals surface area contributed by atoms with E-state index in [2.05, 4.69) is 53.0 Å². The highest BCUT2D eigenvalue weighted by atomic mass is 32.1. The maximum atomic E-state index is 4.58. The van der Waals surface area contributed by atoms with E-state index in [9.17, 15) is 0 Å². The standard InChI is InChI=1S/2C5H7N.4C4H6N2.C4H4O.C4H4S.2C3H3NO.2C3H3NS.21C2H6/c2*1-6-4-2-3-5-6;2*1-6-3-2-5-4-6;2*1-6-4-2-3-5-6;2*1-2-4-5-3-1;1-2-5-3-4-1;1-2-4-5-3-1;1-2-5-3-4-1;1-2-4-5-3-1;21*1-2/h2*2-5H,1H3;4*2-4H,1H3;2*1-4H;4*1-3H;21*1-2H3. The summed E-state index contributed by atoms with van der Waals surface area (Å²) in [6, 6.07) is 23.1. The van der Waals surface area contributed by atoms with Crippen LogP contribution in [0.25, 0.3) is 0 Å². The zero-order valence-electron chi connectivity index (χ0n) is 79.8. The number of nitrogens with zero attached hydrogens (tertiary/aromatic N) is 14. The van der Waals surface area contributed by atoms with Gasteiger partial charge in [0.2, 0.25) is 0 Å². The van der Waals surface area contributed by atoms with Gasteiger partial charge in [0.1, 0.15) is 12.5 Å². The fourth-order valence-corrected chi connectivity index (χ4v) is 4.50. The lowest BCUT2D eigenvalue weighted by molar-refractivity contribution is 0.420. The van der Waals surface area contributed by atoms with Gasteiger partial charge in [-0.1, -0.05) is 308 Å². The second kappa shape index (κ2) is 232. The van der Waals surface area contributed by atoms with Crippen molar-refractivity contribution in [2.45, 2.75) is 291 Å². The molecule has 0 radical (unpaired) electrons. The molecule has 0 atom stereocenters. The summed E-state index contributed by atoms with van der Waals surface area (Å²) < 4.78 is 28.4. The molecule has 108 heavy (non-hydrogen) atoms. The Morgan fingerprint density at radius 3 is 0.685 bits per heavy atom. The van der Waals surface area contributed by atoms with Crippen molar-refractivity contribution in [2.24, 2.45) is 42.3 Å². The Morgan fingerprint density at radius 2 is 0.602 bits per heavy atom. The van der Waals surface area contributed by atoms with Crippen LogP contribution in [-0.4, -0.2) is 67.3 Å². The molecule has 0 aliphatic carbocycles. The van der Waals surface area contributed by atoms with Crippen molar-refractivity contribution < 1.29 is 13.4 Å². The Labute approximate surface area is 686 Å². The number of oxazole rings is 1. The van der Waals surface area contributed by atoms with Crippen molar-refractivity contribution in [1.82, 2.24) is 67.3 Å². The highest BCUT2D eigenvalue weighted by Gasteiger charge is 1.73. The summed E-state index contributed by atoms with van der Waals surface area (Å²) >= 11 is 4.78. The molecule has 0 bridgehead atoms. The number of hydrogen-bond acceptors (Lipinski definition) is 14. The molecule has 12 heterocycles. The summed E-state index contributed by atoms with van der Waals surface area (Å²) in [6.45, 7) is 84.0. The average molecular weight is 1580 g/mol. The molecule has 0 saturated heterocycles. The molecule has 17 nitrogen and oxygen atoms in total. The number of thiophene rings is 1. The number of hydrogen-bond donors (Lipinski definition) is 0. The molecule has 0 amide bonds. The van der Waals surface area contributed by atoms with Crippen LogP contribution < -0.4 is 0 Å². The summed E-state index contributed by atoms with van der Waals surface area (Å²) in [5, 5.41) is 19.0. The monoisotopic (exact) mass is 1580 g/mol. The van der Waals surface area contributed by atoms with E-state index in [1.807, 2.05) is 489 Å². The van der Waals surface area contributed by atoms with Gasteiger partial charge in [-0.05, 0) is 83.0 Å². The maximum Gasteiger partial charge on any atom is 0.180 e. The molecular weight excluding hydrogens is 1400 g/mol. The Kier molecular flexibility index (Phi) is 338. The first-order valence-electron chi connectivity index (χ1n) is 40.5. The van der Waals surface area contributed by atoms with Gasteiger partial charge in [0.05, 0.1) is 43.1 Å². The lowest BCUT2D eigenvalue weighted by atomic mass is 10.7. The predicted octanol–water partition coefficient (Wildman–Crippen LogP) is 31.9. The zero-order chi connectivity index (χ0) is 89.6. The summed E-state index contributed by atoms with van der Waals surface area (Å²) in [5.74, 6) is 0. The summed E-state index contributed by atoms with van der Waals surface area (Å²) in [5.41, 5.74) is 1.79. The van der Waals surface area contributed by atoms with Crippen molar-refractivity contribution in [3.63, 3.8) is 0 Å². The Hall–Kier alpha value is -7.94. The molecular formula is C88H184N14O3S3. The van der Waals surface area contributed by atoms with Crippen molar-refractivity contribution in [3.05, 3.63) is 243 Å². The van der Waals surface area contributed by atoms with Crippen LogP contribution in [0, 0.1) is 0 Å². The third-order valence-corrected chi connectivity index (χ3v) is 7.97.